The molecule has 0 saturated carbocycles. The number of morpholine rings is 1. The lowest BCUT2D eigenvalue weighted by Gasteiger charge is -2.34. The highest BCUT2D eigenvalue weighted by Crippen LogP contribution is 2.11. The van der Waals surface area contributed by atoms with E-state index in [2.05, 4.69) is 0 Å². The van der Waals surface area contributed by atoms with Crippen molar-refractivity contribution in [3.63, 3.8) is 0 Å². The van der Waals surface area contributed by atoms with Crippen molar-refractivity contribution in [1.29, 1.82) is 0 Å². The molecule has 1 aliphatic rings. The Morgan fingerprint density at radius 1 is 0.657 bits per heavy atom. The molecule has 0 aliphatic carbocycles. The molecule has 5 nitrogen and oxygen atoms in total. The number of carboxylic acid groups (broad SMARTS) is 1. The van der Waals surface area contributed by atoms with E-state index in [1.54, 1.807) is 12.2 Å². The van der Waals surface area contributed by atoms with E-state index in [4.69, 9.17) is 9.84 Å². The number of carbonyl (C=O) groups excluding carboxylic acids is 1. The molecule has 0 radical (unpaired) electrons. The van der Waals surface area contributed by atoms with Crippen molar-refractivity contribution >= 4 is 11.9 Å². The fourth-order valence-electron chi connectivity index (χ4n) is 3.21. The van der Waals surface area contributed by atoms with Gasteiger partial charge in [0.15, 0.2) is 0 Å². The zero-order valence-electron chi connectivity index (χ0n) is 21.8. The summed E-state index contributed by atoms with van der Waals surface area (Å²) in [6, 6.07) is 0. The Morgan fingerprint density at radius 2 is 1.06 bits per heavy atom. The van der Waals surface area contributed by atoms with E-state index < -0.39 is 5.97 Å². The van der Waals surface area contributed by atoms with Gasteiger partial charge in [0.05, 0.1) is 12.2 Å². The first-order valence-electron chi connectivity index (χ1n) is 11.8. The topological polar surface area (TPSA) is 66.8 Å². The van der Waals surface area contributed by atoms with Gasteiger partial charge in [-0.25, -0.2) is 4.79 Å². The van der Waals surface area contributed by atoms with Crippen LogP contribution in [-0.2, 0) is 14.3 Å². The van der Waals surface area contributed by atoms with Crippen LogP contribution in [-0.4, -0.2) is 47.2 Å². The smallest absolute Gasteiger partial charge is 0.328 e. The normalized spacial score (nSPS) is 21.5. The average Bonchev–Trinajstić information content (AvgIpc) is 2.78. The zero-order chi connectivity index (χ0) is 26.2. The summed E-state index contributed by atoms with van der Waals surface area (Å²) in [5, 5.41) is 8.62. The molecule has 0 spiro atoms. The summed E-state index contributed by atoms with van der Waals surface area (Å²) in [4.78, 5) is 24.7. The lowest BCUT2D eigenvalue weighted by molar-refractivity contribution is -0.138. The molecule has 1 saturated heterocycles. The minimum Gasteiger partial charge on any atom is -0.478 e. The molecule has 0 aromatic heterocycles. The molecule has 1 amide bonds. The number of carboxylic acids is 1. The summed E-state index contributed by atoms with van der Waals surface area (Å²) < 4.78 is 5.68. The standard InChI is InChI=1S/C30H39NO4/c1-23(11-7-8-12-24(2)14-10-16-26(4)18-20-30(33)34)13-9-15-25(3)17-19-29(32)31-21-27(5)35-28(6)22-31/h7-20,27-28H,21-22H2,1-6H3,(H,33,34)/b8-7+,13-9+,14-10+,19-17+,20-18+,23-11+,24-12+,25-15+,26-16-/t27-,28+. The Kier molecular flexibility index (Phi) is 13.7. The van der Waals surface area contributed by atoms with Gasteiger partial charge in [-0.2, -0.15) is 0 Å². The van der Waals surface area contributed by atoms with Crippen molar-refractivity contribution in [3.05, 3.63) is 107 Å². The largest absolute Gasteiger partial charge is 0.478 e. The molecule has 1 fully saturated rings. The predicted molar refractivity (Wildman–Crippen MR) is 145 cm³/mol. The zero-order valence-corrected chi connectivity index (χ0v) is 21.8. The van der Waals surface area contributed by atoms with Crippen molar-refractivity contribution in [2.75, 3.05) is 13.1 Å². The van der Waals surface area contributed by atoms with Crippen molar-refractivity contribution in [2.24, 2.45) is 0 Å². The molecule has 2 atom stereocenters. The van der Waals surface area contributed by atoms with Crippen LogP contribution in [0.4, 0.5) is 0 Å². The van der Waals surface area contributed by atoms with Gasteiger partial charge in [-0.15, -0.1) is 0 Å². The number of aliphatic carboxylic acids is 1. The van der Waals surface area contributed by atoms with Crippen LogP contribution in [0.25, 0.3) is 0 Å². The van der Waals surface area contributed by atoms with Crippen LogP contribution < -0.4 is 0 Å². The van der Waals surface area contributed by atoms with Crippen LogP contribution in [0.3, 0.4) is 0 Å². The molecule has 188 valence electrons. The van der Waals surface area contributed by atoms with Gasteiger partial charge in [0.25, 0.3) is 0 Å². The second-order valence-electron chi connectivity index (χ2n) is 8.75. The van der Waals surface area contributed by atoms with Crippen molar-refractivity contribution in [1.82, 2.24) is 4.90 Å². The SMILES string of the molecule is CC(=C/C=C/C(C)=C/C=C/C=C(C)/C=C/C=C(C)/C=C/C(=O)N1C[C@@H](C)O[C@@H](C)C1)/C=C/C(=O)O. The van der Waals surface area contributed by atoms with Gasteiger partial charge in [-0.1, -0.05) is 95.2 Å². The maximum atomic E-state index is 12.4. The molecule has 0 bridgehead atoms. The summed E-state index contributed by atoms with van der Waals surface area (Å²) in [6.07, 6.45) is 25.9. The fourth-order valence-corrected chi connectivity index (χ4v) is 3.21. The molecule has 0 unspecified atom stereocenters. The van der Waals surface area contributed by atoms with Crippen LogP contribution in [0.5, 0.6) is 0 Å². The summed E-state index contributed by atoms with van der Waals surface area (Å²) in [7, 11) is 0. The van der Waals surface area contributed by atoms with Gasteiger partial charge in [0.1, 0.15) is 0 Å². The second-order valence-corrected chi connectivity index (χ2v) is 8.75. The number of amides is 1. The van der Waals surface area contributed by atoms with E-state index in [1.807, 2.05) is 113 Å². The van der Waals surface area contributed by atoms with Crippen LogP contribution >= 0.6 is 0 Å². The van der Waals surface area contributed by atoms with Crippen molar-refractivity contribution in [2.45, 2.75) is 53.8 Å². The van der Waals surface area contributed by atoms with Gasteiger partial charge >= 0.3 is 5.97 Å². The average molecular weight is 478 g/mol. The summed E-state index contributed by atoms with van der Waals surface area (Å²) in [5.41, 5.74) is 4.05. The van der Waals surface area contributed by atoms with Crippen molar-refractivity contribution < 1.29 is 19.4 Å². The molecule has 0 aromatic carbocycles. The van der Waals surface area contributed by atoms with Crippen LogP contribution in [0.2, 0.25) is 0 Å². The lowest BCUT2D eigenvalue weighted by Crippen LogP contribution is -2.47. The lowest BCUT2D eigenvalue weighted by atomic mass is 10.2. The van der Waals surface area contributed by atoms with E-state index in [9.17, 15) is 9.59 Å². The number of carbonyl (C=O) groups is 2. The minimum atomic E-state index is -0.954. The molecule has 1 heterocycles. The number of hydrogen-bond donors (Lipinski definition) is 1. The fraction of sp³-hybridized carbons (Fsp3) is 0.333. The number of nitrogens with zero attached hydrogens (tertiary/aromatic N) is 1. The summed E-state index contributed by atoms with van der Waals surface area (Å²) in [6.45, 7) is 13.1. The number of ether oxygens (including phenoxy) is 1. The third-order valence-corrected chi connectivity index (χ3v) is 4.97. The minimum absolute atomic E-state index is 0.0179. The van der Waals surface area contributed by atoms with Gasteiger partial charge in [0.2, 0.25) is 5.91 Å². The van der Waals surface area contributed by atoms with E-state index in [0.717, 1.165) is 28.4 Å². The molecule has 1 aliphatic heterocycles. The highest BCUT2D eigenvalue weighted by Gasteiger charge is 2.24. The highest BCUT2D eigenvalue weighted by atomic mass is 16.5. The summed E-state index contributed by atoms with van der Waals surface area (Å²) in [5.74, 6) is -0.936. The van der Waals surface area contributed by atoms with Crippen molar-refractivity contribution in [3.8, 4) is 0 Å². The van der Waals surface area contributed by atoms with E-state index in [0.29, 0.717) is 13.1 Å². The Balaban J connectivity index is 2.55. The molecule has 0 aromatic rings. The maximum Gasteiger partial charge on any atom is 0.328 e. The number of hydrogen-bond acceptors (Lipinski definition) is 3. The predicted octanol–water partition coefficient (Wildman–Crippen LogP) is 6.27. The van der Waals surface area contributed by atoms with Gasteiger partial charge in [-0.3, -0.25) is 4.79 Å². The number of allylic oxidation sites excluding steroid dienone is 16. The first-order chi connectivity index (χ1) is 16.6. The van der Waals surface area contributed by atoms with Crippen LogP contribution in [0.15, 0.2) is 107 Å². The monoisotopic (exact) mass is 477 g/mol. The quantitative estimate of drug-likeness (QED) is 0.297. The Hall–Kier alpha value is -3.44. The maximum absolute atomic E-state index is 12.4. The van der Waals surface area contributed by atoms with E-state index in [1.165, 1.54) is 0 Å². The first-order valence-corrected chi connectivity index (χ1v) is 11.8. The Bertz CT molecular complexity index is 989. The Morgan fingerprint density at radius 3 is 1.51 bits per heavy atom. The number of rotatable bonds is 10. The van der Waals surface area contributed by atoms with Gasteiger partial charge in [-0.05, 0) is 41.5 Å². The second kappa shape index (κ2) is 16.2. The third kappa shape index (κ3) is 14.4. The molecular formula is C30H39NO4. The molecule has 1 rings (SSSR count). The molecule has 35 heavy (non-hydrogen) atoms. The van der Waals surface area contributed by atoms with Crippen LogP contribution in [0, 0.1) is 0 Å². The third-order valence-electron chi connectivity index (χ3n) is 4.97. The van der Waals surface area contributed by atoms with Crippen LogP contribution in [0.1, 0.15) is 41.5 Å². The van der Waals surface area contributed by atoms with E-state index >= 15 is 0 Å². The van der Waals surface area contributed by atoms with E-state index in [-0.39, 0.29) is 18.1 Å². The van der Waals surface area contributed by atoms with Gasteiger partial charge in [0, 0.05) is 25.2 Å². The highest BCUT2D eigenvalue weighted by molar-refractivity contribution is 5.88. The van der Waals surface area contributed by atoms with Gasteiger partial charge < -0.3 is 14.7 Å². The Labute approximate surface area is 210 Å². The molecular weight excluding hydrogens is 438 g/mol. The first kappa shape index (κ1) is 29.6. The summed E-state index contributed by atoms with van der Waals surface area (Å²) >= 11 is 0. The molecule has 1 N–H and O–H groups in total. The molecule has 5 heteroatoms.